The van der Waals surface area contributed by atoms with Crippen molar-refractivity contribution >= 4 is 40.3 Å². The number of imide groups is 1. The Labute approximate surface area is 165 Å². The summed E-state index contributed by atoms with van der Waals surface area (Å²) in [4.78, 5) is 43.3. The molecule has 0 radical (unpaired) electrons. The molecule has 0 unspecified atom stereocenters. The Bertz CT molecular complexity index is 1000. The largest absolute Gasteiger partial charge is 0.494 e. The molecule has 0 bridgehead atoms. The van der Waals surface area contributed by atoms with E-state index in [1.165, 1.54) is 23.9 Å². The number of amidine groups is 1. The zero-order valence-electron chi connectivity index (χ0n) is 15.1. The molecule has 0 aliphatic carbocycles. The van der Waals surface area contributed by atoms with E-state index in [9.17, 15) is 14.4 Å². The number of hydrogen-bond donors (Lipinski definition) is 1. The molecule has 1 N–H and O–H groups in total. The van der Waals surface area contributed by atoms with Crippen LogP contribution < -0.4 is 15.0 Å². The van der Waals surface area contributed by atoms with E-state index in [2.05, 4.69) is 10.3 Å². The summed E-state index contributed by atoms with van der Waals surface area (Å²) in [5.41, 5.74) is 1.26. The van der Waals surface area contributed by atoms with Crippen molar-refractivity contribution in [3.8, 4) is 5.75 Å². The lowest BCUT2D eigenvalue weighted by Crippen LogP contribution is -2.29. The Balaban J connectivity index is 1.59. The van der Waals surface area contributed by atoms with Gasteiger partial charge in [-0.1, -0.05) is 11.8 Å². The van der Waals surface area contributed by atoms with E-state index in [1.807, 2.05) is 6.92 Å². The molecule has 0 fully saturated rings. The van der Waals surface area contributed by atoms with Gasteiger partial charge in [-0.3, -0.25) is 19.4 Å². The second-order valence-electron chi connectivity index (χ2n) is 6.12. The van der Waals surface area contributed by atoms with Gasteiger partial charge in [0.2, 0.25) is 0 Å². The molecule has 2 aromatic carbocycles. The lowest BCUT2D eigenvalue weighted by atomic mass is 10.1. The fourth-order valence-electron chi connectivity index (χ4n) is 3.05. The first-order chi connectivity index (χ1) is 13.6. The van der Waals surface area contributed by atoms with E-state index in [0.717, 1.165) is 10.7 Å². The molecule has 28 heavy (non-hydrogen) atoms. The number of benzene rings is 2. The smallest absolute Gasteiger partial charge is 0.266 e. The second-order valence-corrected chi connectivity index (χ2v) is 7.21. The summed E-state index contributed by atoms with van der Waals surface area (Å²) < 4.78 is 5.39. The van der Waals surface area contributed by atoms with Gasteiger partial charge in [0.05, 0.1) is 30.0 Å². The van der Waals surface area contributed by atoms with Crippen LogP contribution >= 0.6 is 11.8 Å². The summed E-state index contributed by atoms with van der Waals surface area (Å²) in [6.45, 7) is 3.08. The predicted molar refractivity (Wildman–Crippen MR) is 107 cm³/mol. The number of carbonyl (C=O) groups is 3. The molecule has 3 amide bonds. The number of thioether (sulfide) groups is 1. The average Bonchev–Trinajstić information content (AvgIpc) is 3.30. The SMILES string of the molecule is CCOc1ccc(N2C(=O)c3ccc(C(=O)NC4=NCCS4)cc3C2=O)cc1. The van der Waals surface area contributed by atoms with Crippen LogP contribution in [0.3, 0.4) is 0 Å². The van der Waals surface area contributed by atoms with Crippen LogP contribution in [-0.4, -0.2) is 41.8 Å². The number of nitrogens with one attached hydrogen (secondary N) is 1. The van der Waals surface area contributed by atoms with Crippen molar-refractivity contribution in [2.75, 3.05) is 23.8 Å². The molecule has 2 aliphatic heterocycles. The molecule has 4 rings (SSSR count). The maximum absolute atomic E-state index is 12.9. The summed E-state index contributed by atoms with van der Waals surface area (Å²) in [6.07, 6.45) is 0. The zero-order valence-corrected chi connectivity index (χ0v) is 15.9. The summed E-state index contributed by atoms with van der Waals surface area (Å²) in [5, 5.41) is 3.30. The van der Waals surface area contributed by atoms with Gasteiger partial charge in [-0.2, -0.15) is 0 Å². The van der Waals surface area contributed by atoms with Crippen LogP contribution in [0.2, 0.25) is 0 Å². The fraction of sp³-hybridized carbons (Fsp3) is 0.200. The number of amides is 3. The number of carbonyl (C=O) groups excluding carboxylic acids is 3. The van der Waals surface area contributed by atoms with Gasteiger partial charge in [0.25, 0.3) is 17.7 Å². The van der Waals surface area contributed by atoms with Gasteiger partial charge < -0.3 is 10.1 Å². The Morgan fingerprint density at radius 2 is 1.89 bits per heavy atom. The van der Waals surface area contributed by atoms with Gasteiger partial charge in [-0.15, -0.1) is 0 Å². The van der Waals surface area contributed by atoms with Crippen molar-refractivity contribution in [2.24, 2.45) is 4.99 Å². The van der Waals surface area contributed by atoms with Gasteiger partial charge in [0, 0.05) is 11.3 Å². The summed E-state index contributed by atoms with van der Waals surface area (Å²) in [7, 11) is 0. The van der Waals surface area contributed by atoms with Gasteiger partial charge in [0.15, 0.2) is 5.17 Å². The molecule has 8 heteroatoms. The van der Waals surface area contributed by atoms with Crippen molar-refractivity contribution in [1.29, 1.82) is 0 Å². The van der Waals surface area contributed by atoms with Crippen LogP contribution in [0.15, 0.2) is 47.5 Å². The first-order valence-corrected chi connectivity index (χ1v) is 9.81. The summed E-state index contributed by atoms with van der Waals surface area (Å²) >= 11 is 1.47. The van der Waals surface area contributed by atoms with E-state index in [-0.39, 0.29) is 17.0 Å². The molecular weight excluding hydrogens is 378 g/mol. The highest BCUT2D eigenvalue weighted by Crippen LogP contribution is 2.30. The molecule has 0 atom stereocenters. The van der Waals surface area contributed by atoms with Crippen molar-refractivity contribution in [1.82, 2.24) is 5.32 Å². The number of hydrogen-bond acceptors (Lipinski definition) is 6. The number of fused-ring (bicyclic) bond motifs is 1. The highest BCUT2D eigenvalue weighted by Gasteiger charge is 2.37. The van der Waals surface area contributed by atoms with Crippen molar-refractivity contribution in [2.45, 2.75) is 6.92 Å². The third kappa shape index (κ3) is 3.27. The van der Waals surface area contributed by atoms with Gasteiger partial charge in [-0.05, 0) is 49.4 Å². The van der Waals surface area contributed by atoms with Crippen molar-refractivity contribution in [3.63, 3.8) is 0 Å². The fourth-order valence-corrected chi connectivity index (χ4v) is 3.78. The van der Waals surface area contributed by atoms with E-state index in [4.69, 9.17) is 4.74 Å². The zero-order chi connectivity index (χ0) is 19.7. The molecule has 0 spiro atoms. The van der Waals surface area contributed by atoms with Crippen LogP contribution in [0, 0.1) is 0 Å². The average molecular weight is 395 g/mol. The summed E-state index contributed by atoms with van der Waals surface area (Å²) in [5.74, 6) is 0.285. The Morgan fingerprint density at radius 1 is 1.14 bits per heavy atom. The van der Waals surface area contributed by atoms with Crippen molar-refractivity contribution < 1.29 is 19.1 Å². The van der Waals surface area contributed by atoms with E-state index < -0.39 is 11.8 Å². The van der Waals surface area contributed by atoms with Crippen LogP contribution in [0.5, 0.6) is 5.75 Å². The van der Waals surface area contributed by atoms with Crippen LogP contribution in [0.1, 0.15) is 38.0 Å². The topological polar surface area (TPSA) is 88.1 Å². The first-order valence-electron chi connectivity index (χ1n) is 8.83. The highest BCUT2D eigenvalue weighted by molar-refractivity contribution is 8.14. The molecule has 7 nitrogen and oxygen atoms in total. The number of nitrogens with zero attached hydrogens (tertiary/aromatic N) is 2. The van der Waals surface area contributed by atoms with Gasteiger partial charge in [0.1, 0.15) is 5.75 Å². The molecule has 0 saturated heterocycles. The molecular formula is C20H17N3O4S. The number of rotatable bonds is 4. The molecule has 0 saturated carbocycles. The number of aliphatic imine (C=N–C) groups is 1. The maximum atomic E-state index is 12.9. The van der Waals surface area contributed by atoms with E-state index >= 15 is 0 Å². The Morgan fingerprint density at radius 3 is 2.57 bits per heavy atom. The molecule has 0 aromatic heterocycles. The lowest BCUT2D eigenvalue weighted by molar-refractivity contribution is 0.0924. The minimum absolute atomic E-state index is 0.215. The number of ether oxygens (including phenoxy) is 1. The second kappa shape index (κ2) is 7.47. The lowest BCUT2D eigenvalue weighted by Gasteiger charge is -2.14. The Hall–Kier alpha value is -3.13. The molecule has 2 aliphatic rings. The third-order valence-corrected chi connectivity index (χ3v) is 5.25. The Kier molecular flexibility index (Phi) is 4.87. The molecule has 2 aromatic rings. The normalized spacial score (nSPS) is 15.5. The minimum atomic E-state index is -0.452. The molecule has 142 valence electrons. The molecule has 2 heterocycles. The van der Waals surface area contributed by atoms with Crippen LogP contribution in [0.25, 0.3) is 0 Å². The third-order valence-electron chi connectivity index (χ3n) is 4.36. The summed E-state index contributed by atoms with van der Waals surface area (Å²) in [6, 6.07) is 11.3. The van der Waals surface area contributed by atoms with E-state index in [0.29, 0.717) is 35.3 Å². The first kappa shape index (κ1) is 18.2. The van der Waals surface area contributed by atoms with Gasteiger partial charge >= 0.3 is 0 Å². The van der Waals surface area contributed by atoms with E-state index in [1.54, 1.807) is 30.3 Å². The van der Waals surface area contributed by atoms with Gasteiger partial charge in [-0.25, -0.2) is 4.90 Å². The quantitative estimate of drug-likeness (QED) is 0.805. The maximum Gasteiger partial charge on any atom is 0.266 e. The minimum Gasteiger partial charge on any atom is -0.494 e. The predicted octanol–water partition coefficient (Wildman–Crippen LogP) is 2.72. The van der Waals surface area contributed by atoms with Crippen molar-refractivity contribution in [3.05, 3.63) is 59.2 Å². The van der Waals surface area contributed by atoms with Crippen LogP contribution in [0.4, 0.5) is 5.69 Å². The van der Waals surface area contributed by atoms with Crippen LogP contribution in [-0.2, 0) is 0 Å². The number of anilines is 1. The highest BCUT2D eigenvalue weighted by atomic mass is 32.2. The monoisotopic (exact) mass is 395 g/mol. The standard InChI is InChI=1S/C20H17N3O4S/c1-2-27-14-6-4-13(5-7-14)23-18(25)15-8-3-12(11-16(15)19(23)26)17(24)22-20-21-9-10-28-20/h3-8,11H,2,9-10H2,1H3,(H,21,22,24).